The maximum Gasteiger partial charge on any atom is 0.244 e. The van der Waals surface area contributed by atoms with Crippen molar-refractivity contribution in [2.45, 2.75) is 6.10 Å². The molecule has 2 N–H and O–H groups in total. The summed E-state index contributed by atoms with van der Waals surface area (Å²) in [4.78, 5) is 15.7. The zero-order valence-corrected chi connectivity index (χ0v) is 13.3. The van der Waals surface area contributed by atoms with E-state index >= 15 is 0 Å². The number of ether oxygens (including phenoxy) is 1. The predicted octanol–water partition coefficient (Wildman–Crippen LogP) is 2.61. The normalized spacial score (nSPS) is 12.1. The van der Waals surface area contributed by atoms with Gasteiger partial charge in [0.15, 0.2) is 0 Å². The Hall–Kier alpha value is -2.37. The minimum absolute atomic E-state index is 0.119. The first kappa shape index (κ1) is 17.0. The van der Waals surface area contributed by atoms with Crippen LogP contribution in [0, 0.1) is 0 Å². The quantitative estimate of drug-likeness (QED) is 0.630. The zero-order valence-electron chi connectivity index (χ0n) is 12.6. The highest BCUT2D eigenvalue weighted by atomic mass is 35.5. The monoisotopic (exact) mass is 332 g/mol. The third-order valence-corrected chi connectivity index (χ3v) is 3.37. The topological polar surface area (TPSA) is 71.5 Å². The number of pyridine rings is 1. The summed E-state index contributed by atoms with van der Waals surface area (Å²) in [6.07, 6.45) is 3.79. The molecule has 0 aliphatic rings. The van der Waals surface area contributed by atoms with Gasteiger partial charge in [0, 0.05) is 18.8 Å². The number of carbonyl (C=O) groups is 1. The summed E-state index contributed by atoms with van der Waals surface area (Å²) in [6, 6.07) is 10.4. The number of benzene rings is 1. The van der Waals surface area contributed by atoms with Crippen LogP contribution < -0.4 is 10.1 Å². The minimum Gasteiger partial charge on any atom is -0.497 e. The van der Waals surface area contributed by atoms with E-state index < -0.39 is 6.10 Å². The number of amides is 1. The lowest BCUT2D eigenvalue weighted by atomic mass is 10.1. The summed E-state index contributed by atoms with van der Waals surface area (Å²) in [6.45, 7) is 0.119. The molecule has 23 heavy (non-hydrogen) atoms. The number of carbonyl (C=O) groups excluding carboxylic acids is 1. The average Bonchev–Trinajstić information content (AvgIpc) is 2.59. The second-order valence-electron chi connectivity index (χ2n) is 4.78. The molecular weight excluding hydrogens is 316 g/mol. The number of hydrogen-bond donors (Lipinski definition) is 2. The molecule has 0 saturated carbocycles. The van der Waals surface area contributed by atoms with E-state index in [0.29, 0.717) is 16.5 Å². The molecule has 0 fully saturated rings. The van der Waals surface area contributed by atoms with Gasteiger partial charge in [-0.25, -0.2) is 4.98 Å². The van der Waals surface area contributed by atoms with E-state index in [4.69, 9.17) is 16.3 Å². The van der Waals surface area contributed by atoms with Gasteiger partial charge < -0.3 is 15.2 Å². The largest absolute Gasteiger partial charge is 0.497 e. The SMILES string of the molecule is COc1ccc(C(O)CNC(=O)/C=C/c2ccc(Cl)nc2)cc1. The summed E-state index contributed by atoms with van der Waals surface area (Å²) in [7, 11) is 1.58. The number of rotatable bonds is 6. The Labute approximate surface area is 139 Å². The van der Waals surface area contributed by atoms with Crippen molar-refractivity contribution in [3.8, 4) is 5.75 Å². The van der Waals surface area contributed by atoms with Gasteiger partial charge in [-0.1, -0.05) is 29.8 Å². The van der Waals surface area contributed by atoms with Crippen molar-refractivity contribution in [2.75, 3.05) is 13.7 Å². The Balaban J connectivity index is 1.84. The first-order chi connectivity index (χ1) is 11.1. The number of nitrogens with zero attached hydrogens (tertiary/aromatic N) is 1. The fourth-order valence-corrected chi connectivity index (χ4v) is 1.97. The number of aromatic nitrogens is 1. The maximum atomic E-state index is 11.7. The van der Waals surface area contributed by atoms with E-state index in [9.17, 15) is 9.90 Å². The first-order valence-corrected chi connectivity index (χ1v) is 7.36. The molecule has 2 rings (SSSR count). The van der Waals surface area contributed by atoms with Gasteiger partial charge in [0.25, 0.3) is 0 Å². The van der Waals surface area contributed by atoms with Crippen molar-refractivity contribution in [1.82, 2.24) is 10.3 Å². The Kier molecular flexibility index (Phi) is 6.14. The highest BCUT2D eigenvalue weighted by Gasteiger charge is 2.08. The van der Waals surface area contributed by atoms with Gasteiger partial charge in [-0.05, 0) is 35.4 Å². The van der Waals surface area contributed by atoms with Crippen molar-refractivity contribution in [3.63, 3.8) is 0 Å². The van der Waals surface area contributed by atoms with Gasteiger partial charge >= 0.3 is 0 Å². The lowest BCUT2D eigenvalue weighted by Crippen LogP contribution is -2.26. The molecule has 0 bridgehead atoms. The summed E-state index contributed by atoms with van der Waals surface area (Å²) >= 11 is 5.69. The highest BCUT2D eigenvalue weighted by Crippen LogP contribution is 2.16. The number of nitrogens with one attached hydrogen (secondary N) is 1. The van der Waals surface area contributed by atoms with Gasteiger partial charge in [-0.3, -0.25) is 4.79 Å². The van der Waals surface area contributed by atoms with Crippen molar-refractivity contribution in [1.29, 1.82) is 0 Å². The van der Waals surface area contributed by atoms with E-state index in [1.807, 2.05) is 0 Å². The second-order valence-corrected chi connectivity index (χ2v) is 5.17. The number of aliphatic hydroxyl groups is 1. The smallest absolute Gasteiger partial charge is 0.244 e. The molecule has 1 aromatic heterocycles. The zero-order chi connectivity index (χ0) is 16.7. The highest BCUT2D eigenvalue weighted by molar-refractivity contribution is 6.29. The predicted molar refractivity (Wildman–Crippen MR) is 89.2 cm³/mol. The van der Waals surface area contributed by atoms with Gasteiger partial charge in [-0.15, -0.1) is 0 Å². The van der Waals surface area contributed by atoms with Crippen LogP contribution in [0.5, 0.6) is 5.75 Å². The molecule has 120 valence electrons. The molecule has 0 radical (unpaired) electrons. The summed E-state index contributed by atoms with van der Waals surface area (Å²) in [5.74, 6) is 0.414. The molecule has 1 aromatic carbocycles. The lowest BCUT2D eigenvalue weighted by molar-refractivity contribution is -0.116. The van der Waals surface area contributed by atoms with Gasteiger partial charge in [-0.2, -0.15) is 0 Å². The van der Waals surface area contributed by atoms with Crippen LogP contribution in [0.25, 0.3) is 6.08 Å². The van der Waals surface area contributed by atoms with Crippen LogP contribution in [0.2, 0.25) is 5.15 Å². The molecule has 2 aromatic rings. The van der Waals surface area contributed by atoms with Crippen LogP contribution in [0.1, 0.15) is 17.2 Å². The van der Waals surface area contributed by atoms with E-state index in [1.54, 1.807) is 55.8 Å². The Morgan fingerprint density at radius 3 is 2.70 bits per heavy atom. The van der Waals surface area contributed by atoms with E-state index in [0.717, 1.165) is 5.56 Å². The molecule has 6 heteroatoms. The van der Waals surface area contributed by atoms with Crippen LogP contribution >= 0.6 is 11.6 Å². The second kappa shape index (κ2) is 8.31. The van der Waals surface area contributed by atoms with Gasteiger partial charge in [0.1, 0.15) is 10.9 Å². The molecule has 5 nitrogen and oxygen atoms in total. The molecule has 1 amide bonds. The van der Waals surface area contributed by atoms with Crippen LogP contribution in [0.15, 0.2) is 48.7 Å². The summed E-state index contributed by atoms with van der Waals surface area (Å²) in [5.41, 5.74) is 1.47. The Bertz CT molecular complexity index is 669. The summed E-state index contributed by atoms with van der Waals surface area (Å²) in [5, 5.41) is 13.1. The van der Waals surface area contributed by atoms with Crippen molar-refractivity contribution < 1.29 is 14.6 Å². The van der Waals surface area contributed by atoms with Crippen LogP contribution in [0.4, 0.5) is 0 Å². The Morgan fingerprint density at radius 2 is 2.09 bits per heavy atom. The first-order valence-electron chi connectivity index (χ1n) is 6.98. The third kappa shape index (κ3) is 5.39. The molecular formula is C17H17ClN2O3. The molecule has 0 aliphatic carbocycles. The van der Waals surface area contributed by atoms with Crippen molar-refractivity contribution in [3.05, 3.63) is 65.0 Å². The lowest BCUT2D eigenvalue weighted by Gasteiger charge is -2.11. The number of aliphatic hydroxyl groups excluding tert-OH is 1. The van der Waals surface area contributed by atoms with E-state index in [2.05, 4.69) is 10.3 Å². The molecule has 0 aliphatic heterocycles. The molecule has 1 atom stereocenters. The van der Waals surface area contributed by atoms with Gasteiger partial charge in [0.05, 0.1) is 13.2 Å². The number of halogens is 1. The third-order valence-electron chi connectivity index (χ3n) is 3.15. The maximum absolute atomic E-state index is 11.7. The minimum atomic E-state index is -0.782. The fraction of sp³-hybridized carbons (Fsp3) is 0.176. The number of methoxy groups -OCH3 is 1. The van der Waals surface area contributed by atoms with Crippen LogP contribution in [-0.2, 0) is 4.79 Å². The summed E-state index contributed by atoms with van der Waals surface area (Å²) < 4.78 is 5.05. The van der Waals surface area contributed by atoms with Gasteiger partial charge in [0.2, 0.25) is 5.91 Å². The fourth-order valence-electron chi connectivity index (χ4n) is 1.86. The van der Waals surface area contributed by atoms with Crippen LogP contribution in [-0.4, -0.2) is 29.7 Å². The molecule has 1 heterocycles. The standard InChI is InChI=1S/C17H17ClN2O3/c1-23-14-6-4-13(5-7-14)15(21)11-20-17(22)9-3-12-2-8-16(18)19-10-12/h2-10,15,21H,11H2,1H3,(H,20,22)/b9-3+. The molecule has 0 spiro atoms. The number of hydrogen-bond acceptors (Lipinski definition) is 4. The van der Waals surface area contributed by atoms with Crippen molar-refractivity contribution >= 4 is 23.6 Å². The van der Waals surface area contributed by atoms with E-state index in [-0.39, 0.29) is 12.5 Å². The van der Waals surface area contributed by atoms with Crippen molar-refractivity contribution in [2.24, 2.45) is 0 Å². The van der Waals surface area contributed by atoms with E-state index in [1.165, 1.54) is 6.08 Å². The molecule has 0 saturated heterocycles. The average molecular weight is 333 g/mol. The Morgan fingerprint density at radius 1 is 1.35 bits per heavy atom. The van der Waals surface area contributed by atoms with Crippen LogP contribution in [0.3, 0.4) is 0 Å². The molecule has 1 unspecified atom stereocenters.